The van der Waals surface area contributed by atoms with Crippen molar-refractivity contribution in [3.05, 3.63) is 36.0 Å². The number of aromatic nitrogens is 2. The molecule has 0 bridgehead atoms. The average Bonchev–Trinajstić information content (AvgIpc) is 2.70. The van der Waals surface area contributed by atoms with Gasteiger partial charge in [-0.1, -0.05) is 12.1 Å². The second kappa shape index (κ2) is 4.54. The molecule has 0 aliphatic rings. The van der Waals surface area contributed by atoms with E-state index in [-0.39, 0.29) is 5.54 Å². The van der Waals surface area contributed by atoms with Gasteiger partial charge in [-0.25, -0.2) is 0 Å². The molecule has 2 aromatic rings. The van der Waals surface area contributed by atoms with Crippen LogP contribution in [-0.2, 0) is 11.7 Å². The van der Waals surface area contributed by atoms with E-state index >= 15 is 0 Å². The van der Waals surface area contributed by atoms with E-state index in [0.717, 1.165) is 12.1 Å². The highest BCUT2D eigenvalue weighted by Gasteiger charge is 2.30. The summed E-state index contributed by atoms with van der Waals surface area (Å²) in [6.45, 7) is 5.85. The predicted octanol–water partition coefficient (Wildman–Crippen LogP) is 3.91. The molecule has 3 nitrogen and oxygen atoms in total. The van der Waals surface area contributed by atoms with Gasteiger partial charge < -0.3 is 5.73 Å². The molecule has 0 fully saturated rings. The van der Waals surface area contributed by atoms with Crippen LogP contribution in [0.15, 0.2) is 30.5 Å². The maximum absolute atomic E-state index is 12.6. The third-order valence-electron chi connectivity index (χ3n) is 2.92. The van der Waals surface area contributed by atoms with Crippen molar-refractivity contribution < 1.29 is 13.2 Å². The lowest BCUT2D eigenvalue weighted by Gasteiger charge is -2.23. The second-order valence-corrected chi connectivity index (χ2v) is 5.61. The molecule has 6 heteroatoms. The molecule has 20 heavy (non-hydrogen) atoms. The van der Waals surface area contributed by atoms with Crippen molar-refractivity contribution >= 4 is 5.69 Å². The number of hydrogen-bond donors (Lipinski definition) is 1. The Bertz CT molecular complexity index is 604. The van der Waals surface area contributed by atoms with Crippen LogP contribution in [0.3, 0.4) is 0 Å². The lowest BCUT2D eigenvalue weighted by Crippen LogP contribution is -2.24. The summed E-state index contributed by atoms with van der Waals surface area (Å²) < 4.78 is 39.4. The molecule has 2 N–H and O–H groups in total. The fourth-order valence-corrected chi connectivity index (χ4v) is 1.98. The molecule has 2 rings (SSSR count). The van der Waals surface area contributed by atoms with Crippen molar-refractivity contribution in [3.8, 4) is 11.3 Å². The number of benzene rings is 1. The highest BCUT2D eigenvalue weighted by Crippen LogP contribution is 2.34. The Morgan fingerprint density at radius 2 is 1.60 bits per heavy atom. The van der Waals surface area contributed by atoms with Crippen LogP contribution in [0.1, 0.15) is 26.3 Å². The van der Waals surface area contributed by atoms with Gasteiger partial charge in [0.2, 0.25) is 0 Å². The van der Waals surface area contributed by atoms with Crippen LogP contribution in [-0.4, -0.2) is 9.78 Å². The zero-order valence-electron chi connectivity index (χ0n) is 11.5. The molecule has 1 aromatic carbocycles. The maximum Gasteiger partial charge on any atom is 0.416 e. The highest BCUT2D eigenvalue weighted by atomic mass is 19.4. The van der Waals surface area contributed by atoms with Crippen LogP contribution in [0.2, 0.25) is 0 Å². The van der Waals surface area contributed by atoms with Gasteiger partial charge in [0, 0.05) is 5.56 Å². The van der Waals surface area contributed by atoms with Crippen LogP contribution in [0.25, 0.3) is 11.3 Å². The van der Waals surface area contributed by atoms with Crippen molar-refractivity contribution in [2.75, 3.05) is 5.73 Å². The zero-order valence-corrected chi connectivity index (χ0v) is 11.5. The lowest BCUT2D eigenvalue weighted by molar-refractivity contribution is -0.137. The van der Waals surface area contributed by atoms with Crippen LogP contribution in [0.4, 0.5) is 18.9 Å². The quantitative estimate of drug-likeness (QED) is 0.862. The van der Waals surface area contributed by atoms with Crippen LogP contribution >= 0.6 is 0 Å². The SMILES string of the molecule is CC(C)(C)n1ncc(N)c1-c1ccc(C(F)(F)F)cc1. The number of nitrogens with zero attached hydrogens (tertiary/aromatic N) is 2. The summed E-state index contributed by atoms with van der Waals surface area (Å²) in [5.74, 6) is 0. The van der Waals surface area contributed by atoms with Gasteiger partial charge in [-0.3, -0.25) is 4.68 Å². The molecule has 0 spiro atoms. The van der Waals surface area contributed by atoms with Gasteiger partial charge in [0.05, 0.1) is 28.7 Å². The number of nitrogen functional groups attached to an aromatic ring is 1. The molecule has 0 aliphatic heterocycles. The van der Waals surface area contributed by atoms with E-state index in [2.05, 4.69) is 5.10 Å². The monoisotopic (exact) mass is 283 g/mol. The minimum atomic E-state index is -4.34. The van der Waals surface area contributed by atoms with Gasteiger partial charge in [0.15, 0.2) is 0 Å². The molecule has 0 saturated carbocycles. The number of halogens is 3. The second-order valence-electron chi connectivity index (χ2n) is 5.61. The van der Waals surface area contributed by atoms with Gasteiger partial charge in [0.1, 0.15) is 0 Å². The molecular weight excluding hydrogens is 267 g/mol. The number of alkyl halides is 3. The van der Waals surface area contributed by atoms with Crippen molar-refractivity contribution in [3.63, 3.8) is 0 Å². The first-order valence-electron chi connectivity index (χ1n) is 6.12. The van der Waals surface area contributed by atoms with E-state index in [0.29, 0.717) is 16.9 Å². The molecule has 0 amide bonds. The third kappa shape index (κ3) is 2.64. The largest absolute Gasteiger partial charge is 0.416 e. The molecule has 0 aliphatic carbocycles. The first-order chi connectivity index (χ1) is 9.10. The zero-order chi connectivity index (χ0) is 15.1. The molecule has 0 radical (unpaired) electrons. The number of nitrogens with two attached hydrogens (primary N) is 1. The van der Waals surface area contributed by atoms with E-state index in [9.17, 15) is 13.2 Å². The van der Waals surface area contributed by atoms with E-state index in [4.69, 9.17) is 5.73 Å². The summed E-state index contributed by atoms with van der Waals surface area (Å²) in [7, 11) is 0. The van der Waals surface area contributed by atoms with Gasteiger partial charge in [-0.05, 0) is 32.9 Å². The summed E-state index contributed by atoms with van der Waals surface area (Å²) in [6, 6.07) is 4.93. The molecule has 0 atom stereocenters. The van der Waals surface area contributed by atoms with Crippen LogP contribution < -0.4 is 5.73 Å². The third-order valence-corrected chi connectivity index (χ3v) is 2.92. The van der Waals surface area contributed by atoms with Crippen molar-refractivity contribution in [1.82, 2.24) is 9.78 Å². The van der Waals surface area contributed by atoms with Gasteiger partial charge in [-0.2, -0.15) is 18.3 Å². The minimum Gasteiger partial charge on any atom is -0.396 e. The van der Waals surface area contributed by atoms with Crippen LogP contribution in [0, 0.1) is 0 Å². The van der Waals surface area contributed by atoms with E-state index in [1.54, 1.807) is 4.68 Å². The van der Waals surface area contributed by atoms with Crippen molar-refractivity contribution in [2.45, 2.75) is 32.5 Å². The minimum absolute atomic E-state index is 0.310. The maximum atomic E-state index is 12.6. The summed E-state index contributed by atoms with van der Waals surface area (Å²) in [4.78, 5) is 0. The molecule has 1 aromatic heterocycles. The Hall–Kier alpha value is -1.98. The van der Waals surface area contributed by atoms with Crippen molar-refractivity contribution in [1.29, 1.82) is 0 Å². The smallest absolute Gasteiger partial charge is 0.396 e. The summed E-state index contributed by atoms with van der Waals surface area (Å²) >= 11 is 0. The Labute approximate surface area is 115 Å². The number of hydrogen-bond acceptors (Lipinski definition) is 2. The van der Waals surface area contributed by atoms with Crippen molar-refractivity contribution in [2.24, 2.45) is 0 Å². The number of anilines is 1. The van der Waals surface area contributed by atoms with E-state index < -0.39 is 11.7 Å². The Morgan fingerprint density at radius 1 is 1.05 bits per heavy atom. The Balaban J connectivity index is 2.50. The van der Waals surface area contributed by atoms with Gasteiger partial charge in [0.25, 0.3) is 0 Å². The molecule has 0 unspecified atom stereocenters. The van der Waals surface area contributed by atoms with Gasteiger partial charge in [-0.15, -0.1) is 0 Å². The van der Waals surface area contributed by atoms with Gasteiger partial charge >= 0.3 is 6.18 Å². The predicted molar refractivity (Wildman–Crippen MR) is 72.1 cm³/mol. The average molecular weight is 283 g/mol. The molecule has 1 heterocycles. The first-order valence-corrected chi connectivity index (χ1v) is 6.12. The normalized spacial score (nSPS) is 12.7. The highest BCUT2D eigenvalue weighted by molar-refractivity contribution is 5.73. The Morgan fingerprint density at radius 3 is 2.05 bits per heavy atom. The molecule has 108 valence electrons. The summed E-state index contributed by atoms with van der Waals surface area (Å²) in [5, 5.41) is 4.20. The standard InChI is InChI=1S/C14H16F3N3/c1-13(2,3)20-12(11(18)8-19-20)9-4-6-10(7-5-9)14(15,16)17/h4-8H,18H2,1-3H3. The molecular formula is C14H16F3N3. The first kappa shape index (κ1) is 14.4. The fourth-order valence-electron chi connectivity index (χ4n) is 1.98. The Kier molecular flexibility index (Phi) is 3.28. The van der Waals surface area contributed by atoms with E-state index in [1.807, 2.05) is 20.8 Å². The van der Waals surface area contributed by atoms with E-state index in [1.165, 1.54) is 18.3 Å². The number of rotatable bonds is 1. The fraction of sp³-hybridized carbons (Fsp3) is 0.357. The topological polar surface area (TPSA) is 43.8 Å². The lowest BCUT2D eigenvalue weighted by atomic mass is 10.0. The van der Waals surface area contributed by atoms with Crippen LogP contribution in [0.5, 0.6) is 0 Å². The summed E-state index contributed by atoms with van der Waals surface area (Å²) in [6.07, 6.45) is -2.83. The molecule has 0 saturated heterocycles. The summed E-state index contributed by atoms with van der Waals surface area (Å²) in [5.41, 5.74) is 6.59.